The lowest BCUT2D eigenvalue weighted by molar-refractivity contribution is 0.305. The first-order chi connectivity index (χ1) is 9.90. The number of aliphatic hydroxyl groups excluding tert-OH is 1. The van der Waals surface area contributed by atoms with Crippen LogP contribution in [0, 0.1) is 23.6 Å². The predicted molar refractivity (Wildman–Crippen MR) is 79.6 cm³/mol. The molecule has 1 rings (SSSR count). The number of hydrogen-bond donors (Lipinski definition) is 2. The maximum atomic E-state index is 13.9. The van der Waals surface area contributed by atoms with Crippen molar-refractivity contribution in [1.82, 2.24) is 4.72 Å². The number of nitrogens with one attached hydrogen (secondary N) is 1. The summed E-state index contributed by atoms with van der Waals surface area (Å²) in [7, 11) is -3.85. The summed E-state index contributed by atoms with van der Waals surface area (Å²) in [5.41, 5.74) is 0.377. The van der Waals surface area contributed by atoms with Gasteiger partial charge in [0.15, 0.2) is 0 Å². The van der Waals surface area contributed by atoms with Crippen molar-refractivity contribution in [1.29, 1.82) is 0 Å². The van der Waals surface area contributed by atoms with Gasteiger partial charge in [-0.3, -0.25) is 0 Å². The lowest BCUT2D eigenvalue weighted by Gasteiger charge is -2.11. The fourth-order valence-corrected chi connectivity index (χ4v) is 2.71. The lowest BCUT2D eigenvalue weighted by atomic mass is 10.1. The van der Waals surface area contributed by atoms with Crippen molar-refractivity contribution in [3.05, 3.63) is 29.6 Å². The largest absolute Gasteiger partial charge is 0.395 e. The van der Waals surface area contributed by atoms with E-state index in [9.17, 15) is 12.8 Å². The summed E-state index contributed by atoms with van der Waals surface area (Å²) in [4.78, 5) is -0.376. The van der Waals surface area contributed by atoms with Crippen molar-refractivity contribution in [3.63, 3.8) is 0 Å². The molecule has 21 heavy (non-hydrogen) atoms. The minimum Gasteiger partial charge on any atom is -0.395 e. The van der Waals surface area contributed by atoms with Crippen molar-refractivity contribution < 1.29 is 17.9 Å². The summed E-state index contributed by atoms with van der Waals surface area (Å²) in [6.07, 6.45) is 1.13. The van der Waals surface area contributed by atoms with E-state index in [0.29, 0.717) is 5.56 Å². The van der Waals surface area contributed by atoms with E-state index in [1.165, 1.54) is 12.1 Å². The Kier molecular flexibility index (Phi) is 6.82. The first kappa shape index (κ1) is 17.6. The summed E-state index contributed by atoms with van der Waals surface area (Å²) >= 11 is 0. The van der Waals surface area contributed by atoms with Crippen molar-refractivity contribution in [2.45, 2.75) is 31.6 Å². The number of halogens is 1. The second-order valence-electron chi connectivity index (χ2n) is 4.79. The molecule has 1 aromatic carbocycles. The number of hydrogen-bond acceptors (Lipinski definition) is 3. The Labute approximate surface area is 125 Å². The van der Waals surface area contributed by atoms with E-state index in [1.807, 2.05) is 13.8 Å². The highest BCUT2D eigenvalue weighted by atomic mass is 32.2. The van der Waals surface area contributed by atoms with Gasteiger partial charge in [-0.2, -0.15) is 0 Å². The molecule has 0 aliphatic carbocycles. The molecule has 6 heteroatoms. The van der Waals surface area contributed by atoms with Gasteiger partial charge in [0, 0.05) is 18.5 Å². The highest BCUT2D eigenvalue weighted by Crippen LogP contribution is 2.16. The summed E-state index contributed by atoms with van der Waals surface area (Å²) in [5, 5.41) is 8.61. The molecule has 0 saturated carbocycles. The number of benzene rings is 1. The molecule has 1 unspecified atom stereocenters. The third kappa shape index (κ3) is 5.46. The maximum Gasteiger partial charge on any atom is 0.243 e. The highest BCUT2D eigenvalue weighted by Gasteiger charge is 2.19. The van der Waals surface area contributed by atoms with E-state index < -0.39 is 15.8 Å². The van der Waals surface area contributed by atoms with Gasteiger partial charge in [0.2, 0.25) is 10.0 Å². The van der Waals surface area contributed by atoms with Gasteiger partial charge in [-0.15, -0.1) is 0 Å². The van der Waals surface area contributed by atoms with E-state index in [4.69, 9.17) is 5.11 Å². The first-order valence-electron chi connectivity index (χ1n) is 6.79. The average Bonchev–Trinajstić information content (AvgIpc) is 2.45. The zero-order valence-electron chi connectivity index (χ0n) is 12.2. The monoisotopic (exact) mass is 313 g/mol. The van der Waals surface area contributed by atoms with Gasteiger partial charge in [-0.1, -0.05) is 32.1 Å². The van der Waals surface area contributed by atoms with Crippen LogP contribution in [0.2, 0.25) is 0 Å². The standard InChI is InChI=1S/C15H20FNO3S/c1-3-12(2)11-17-21(19,20)15-8-7-13(10-14(15)16)6-4-5-9-18/h7-8,10,12,17-18H,3,5,9,11H2,1-2H3. The van der Waals surface area contributed by atoms with Crippen LogP contribution in [0.25, 0.3) is 0 Å². The molecule has 0 bridgehead atoms. The fourth-order valence-electron chi connectivity index (χ4n) is 1.49. The molecular weight excluding hydrogens is 293 g/mol. The molecule has 0 fully saturated rings. The van der Waals surface area contributed by atoms with E-state index in [0.717, 1.165) is 12.5 Å². The summed E-state index contributed by atoms with van der Waals surface area (Å²) in [6.45, 7) is 4.08. The molecular formula is C15H20FNO3S. The molecule has 0 radical (unpaired) electrons. The fraction of sp³-hybridized carbons (Fsp3) is 0.467. The second-order valence-corrected chi connectivity index (χ2v) is 6.52. The Morgan fingerprint density at radius 3 is 2.71 bits per heavy atom. The zero-order valence-corrected chi connectivity index (χ0v) is 13.0. The van der Waals surface area contributed by atoms with Crippen LogP contribution in [0.4, 0.5) is 4.39 Å². The van der Waals surface area contributed by atoms with Gasteiger partial charge >= 0.3 is 0 Å². The molecule has 0 spiro atoms. The Balaban J connectivity index is 2.91. The number of rotatable bonds is 6. The molecule has 4 nitrogen and oxygen atoms in total. The third-order valence-electron chi connectivity index (χ3n) is 3.01. The molecule has 0 heterocycles. The second kappa shape index (κ2) is 8.13. The summed E-state index contributed by atoms with van der Waals surface area (Å²) < 4.78 is 40.4. The SMILES string of the molecule is CCC(C)CNS(=O)(=O)c1ccc(C#CCCO)cc1F. The molecule has 1 aromatic rings. The predicted octanol–water partition coefficient (Wildman–Crippen LogP) is 1.88. The molecule has 0 amide bonds. The summed E-state index contributed by atoms with van der Waals surface area (Å²) in [5.74, 6) is 4.67. The van der Waals surface area contributed by atoms with Crippen molar-refractivity contribution in [3.8, 4) is 11.8 Å². The molecule has 116 valence electrons. The molecule has 0 saturated heterocycles. The normalized spacial score (nSPS) is 12.6. The van der Waals surface area contributed by atoms with Gasteiger partial charge in [-0.25, -0.2) is 17.5 Å². The molecule has 1 atom stereocenters. The molecule has 0 aliphatic heterocycles. The minimum absolute atomic E-state index is 0.0680. The lowest BCUT2D eigenvalue weighted by Crippen LogP contribution is -2.29. The zero-order chi connectivity index (χ0) is 15.9. The van der Waals surface area contributed by atoms with E-state index >= 15 is 0 Å². The molecule has 2 N–H and O–H groups in total. The van der Waals surface area contributed by atoms with Crippen LogP contribution >= 0.6 is 0 Å². The van der Waals surface area contributed by atoms with Crippen molar-refractivity contribution in [2.24, 2.45) is 5.92 Å². The van der Waals surface area contributed by atoms with Crippen molar-refractivity contribution >= 4 is 10.0 Å². The minimum atomic E-state index is -3.85. The average molecular weight is 313 g/mol. The first-order valence-corrected chi connectivity index (χ1v) is 8.28. The maximum absolute atomic E-state index is 13.9. The molecule has 0 aromatic heterocycles. The summed E-state index contributed by atoms with van der Waals surface area (Å²) in [6, 6.07) is 3.74. The van der Waals surface area contributed by atoms with Gasteiger partial charge in [0.05, 0.1) is 6.61 Å². The Hall–Kier alpha value is -1.42. The Morgan fingerprint density at radius 1 is 1.43 bits per heavy atom. The topological polar surface area (TPSA) is 66.4 Å². The van der Waals surface area contributed by atoms with E-state index in [1.54, 1.807) is 0 Å². The van der Waals surface area contributed by atoms with Crippen LogP contribution in [0.15, 0.2) is 23.1 Å². The van der Waals surface area contributed by atoms with E-state index in [2.05, 4.69) is 16.6 Å². The Bertz CT molecular complexity index is 632. The van der Waals surface area contributed by atoms with Gasteiger partial charge in [-0.05, 0) is 24.1 Å². The van der Waals surface area contributed by atoms with Crippen LogP contribution in [0.1, 0.15) is 32.3 Å². The van der Waals surface area contributed by atoms with Crippen LogP contribution in [-0.4, -0.2) is 26.7 Å². The quantitative estimate of drug-likeness (QED) is 0.788. The van der Waals surface area contributed by atoms with Crippen LogP contribution in [0.5, 0.6) is 0 Å². The van der Waals surface area contributed by atoms with Gasteiger partial charge in [0.1, 0.15) is 10.7 Å². The van der Waals surface area contributed by atoms with Gasteiger partial charge in [0.25, 0.3) is 0 Å². The number of aliphatic hydroxyl groups is 1. The molecule has 0 aliphatic rings. The van der Waals surface area contributed by atoms with Crippen LogP contribution < -0.4 is 4.72 Å². The number of sulfonamides is 1. The van der Waals surface area contributed by atoms with E-state index in [-0.39, 0.29) is 30.4 Å². The smallest absolute Gasteiger partial charge is 0.243 e. The third-order valence-corrected chi connectivity index (χ3v) is 4.47. The Morgan fingerprint density at radius 2 is 2.14 bits per heavy atom. The van der Waals surface area contributed by atoms with Gasteiger partial charge < -0.3 is 5.11 Å². The van der Waals surface area contributed by atoms with Crippen molar-refractivity contribution in [2.75, 3.05) is 13.2 Å². The van der Waals surface area contributed by atoms with Crippen LogP contribution in [-0.2, 0) is 10.0 Å². The highest BCUT2D eigenvalue weighted by molar-refractivity contribution is 7.89. The van der Waals surface area contributed by atoms with Crippen LogP contribution in [0.3, 0.4) is 0 Å².